The molecule has 2 heterocycles. The van der Waals surface area contributed by atoms with Gasteiger partial charge < -0.3 is 14.5 Å². The van der Waals surface area contributed by atoms with Crippen LogP contribution in [0.4, 0.5) is 15.0 Å². The van der Waals surface area contributed by atoms with Crippen LogP contribution >= 0.6 is 0 Å². The van der Waals surface area contributed by atoms with Crippen molar-refractivity contribution in [2.75, 3.05) is 31.1 Å². The first-order chi connectivity index (χ1) is 11.2. The molecule has 1 fully saturated rings. The van der Waals surface area contributed by atoms with E-state index in [0.29, 0.717) is 32.0 Å². The van der Waals surface area contributed by atoms with Crippen LogP contribution in [0.2, 0.25) is 0 Å². The minimum atomic E-state index is -0.621. The van der Waals surface area contributed by atoms with Crippen molar-refractivity contribution in [3.8, 4) is 0 Å². The highest BCUT2D eigenvalue weighted by Gasteiger charge is 2.28. The van der Waals surface area contributed by atoms with Crippen molar-refractivity contribution in [1.82, 2.24) is 15.3 Å². The van der Waals surface area contributed by atoms with E-state index in [4.69, 9.17) is 10.6 Å². The molecule has 1 aliphatic rings. The van der Waals surface area contributed by atoms with Crippen LogP contribution in [-0.2, 0) is 4.74 Å². The van der Waals surface area contributed by atoms with Gasteiger partial charge >= 0.3 is 6.09 Å². The number of ether oxygens (including phenoxy) is 1. The van der Waals surface area contributed by atoms with E-state index in [1.54, 1.807) is 25.7 Å². The number of rotatable bonds is 2. The molecule has 132 valence electrons. The zero-order valence-electron chi connectivity index (χ0n) is 14.0. The van der Waals surface area contributed by atoms with Gasteiger partial charge in [0.25, 0.3) is 5.91 Å². The molecule has 0 spiro atoms. The van der Waals surface area contributed by atoms with E-state index >= 15 is 0 Å². The smallest absolute Gasteiger partial charge is 0.410 e. The molecule has 0 radical (unpaired) electrons. The summed E-state index contributed by atoms with van der Waals surface area (Å²) in [6.45, 7) is 7.14. The predicted octanol–water partition coefficient (Wildman–Crippen LogP) is 0.881. The molecule has 1 aliphatic heterocycles. The van der Waals surface area contributed by atoms with Crippen LogP contribution < -0.4 is 16.2 Å². The number of halogens is 1. The SMILES string of the molecule is CC(C)(C)OC(=O)N1CCN(c2ncc(F)cc2C(=O)NN)CC1. The molecule has 9 heteroatoms. The number of nitrogen functional groups attached to an aromatic ring is 1. The average Bonchev–Trinajstić information content (AvgIpc) is 2.52. The third-order valence-electron chi connectivity index (χ3n) is 3.44. The van der Waals surface area contributed by atoms with Crippen molar-refractivity contribution in [2.24, 2.45) is 5.84 Å². The van der Waals surface area contributed by atoms with E-state index in [2.05, 4.69) is 4.98 Å². The van der Waals surface area contributed by atoms with Crippen LogP contribution in [0.1, 0.15) is 31.1 Å². The number of hydrogen-bond acceptors (Lipinski definition) is 6. The number of carbonyl (C=O) groups excluding carboxylic acids is 2. The lowest BCUT2D eigenvalue weighted by Gasteiger charge is -2.36. The molecule has 1 aromatic heterocycles. The minimum absolute atomic E-state index is 0.0585. The molecule has 0 bridgehead atoms. The van der Waals surface area contributed by atoms with Crippen molar-refractivity contribution < 1.29 is 18.7 Å². The van der Waals surface area contributed by atoms with Gasteiger partial charge in [-0.2, -0.15) is 0 Å². The second-order valence-corrected chi connectivity index (χ2v) is 6.45. The molecular formula is C15H22FN5O3. The molecule has 3 N–H and O–H groups in total. The van der Waals surface area contributed by atoms with Crippen molar-refractivity contribution in [3.05, 3.63) is 23.6 Å². The van der Waals surface area contributed by atoms with Crippen molar-refractivity contribution in [3.63, 3.8) is 0 Å². The third kappa shape index (κ3) is 4.31. The summed E-state index contributed by atoms with van der Waals surface area (Å²) >= 11 is 0. The Bertz CT molecular complexity index is 624. The van der Waals surface area contributed by atoms with E-state index < -0.39 is 17.3 Å². The van der Waals surface area contributed by atoms with Crippen molar-refractivity contribution >= 4 is 17.8 Å². The summed E-state index contributed by atoms with van der Waals surface area (Å²) < 4.78 is 18.7. The van der Waals surface area contributed by atoms with Crippen LogP contribution in [0.15, 0.2) is 12.3 Å². The molecule has 0 unspecified atom stereocenters. The topological polar surface area (TPSA) is 101 Å². The van der Waals surface area contributed by atoms with Crippen LogP contribution in [0, 0.1) is 5.82 Å². The Labute approximate surface area is 139 Å². The molecule has 0 aliphatic carbocycles. The maximum atomic E-state index is 13.4. The van der Waals surface area contributed by atoms with Crippen molar-refractivity contribution in [1.29, 1.82) is 0 Å². The Kier molecular flexibility index (Phi) is 5.23. The maximum absolute atomic E-state index is 13.4. The second kappa shape index (κ2) is 7.00. The summed E-state index contributed by atoms with van der Waals surface area (Å²) in [7, 11) is 0. The minimum Gasteiger partial charge on any atom is -0.444 e. The summed E-state index contributed by atoms with van der Waals surface area (Å²) in [5.74, 6) is 4.23. The highest BCUT2D eigenvalue weighted by atomic mass is 19.1. The summed E-state index contributed by atoms with van der Waals surface area (Å²) in [6.07, 6.45) is 0.664. The van der Waals surface area contributed by atoms with E-state index in [-0.39, 0.29) is 11.7 Å². The standard InChI is InChI=1S/C15H22FN5O3/c1-15(2,3)24-14(23)21-6-4-20(5-7-21)12-11(13(22)19-17)8-10(16)9-18-12/h8-9H,4-7,17H2,1-3H3,(H,19,22). The molecule has 0 aromatic carbocycles. The molecule has 2 rings (SSSR count). The fraction of sp³-hybridized carbons (Fsp3) is 0.533. The van der Waals surface area contributed by atoms with Gasteiger partial charge in [-0.1, -0.05) is 0 Å². The Morgan fingerprint density at radius 2 is 1.92 bits per heavy atom. The van der Waals surface area contributed by atoms with E-state index in [1.807, 2.05) is 10.3 Å². The van der Waals surface area contributed by atoms with Gasteiger partial charge in [-0.25, -0.2) is 20.0 Å². The zero-order chi connectivity index (χ0) is 17.9. The number of nitrogens with one attached hydrogen (secondary N) is 1. The summed E-state index contributed by atoms with van der Waals surface area (Å²) in [6, 6.07) is 1.09. The van der Waals surface area contributed by atoms with E-state index in [0.717, 1.165) is 12.3 Å². The molecule has 24 heavy (non-hydrogen) atoms. The lowest BCUT2D eigenvalue weighted by atomic mass is 10.2. The second-order valence-electron chi connectivity index (χ2n) is 6.45. The Balaban J connectivity index is 2.07. The fourth-order valence-corrected chi connectivity index (χ4v) is 2.36. The summed E-state index contributed by atoms with van der Waals surface area (Å²) in [5.41, 5.74) is 1.49. The van der Waals surface area contributed by atoms with Gasteiger partial charge in [0.2, 0.25) is 0 Å². The third-order valence-corrected chi connectivity index (χ3v) is 3.44. The zero-order valence-corrected chi connectivity index (χ0v) is 14.0. The number of hydrazine groups is 1. The lowest BCUT2D eigenvalue weighted by Crippen LogP contribution is -2.50. The van der Waals surface area contributed by atoms with E-state index in [1.165, 1.54) is 0 Å². The van der Waals surface area contributed by atoms with Gasteiger partial charge in [0, 0.05) is 26.2 Å². The number of aromatic nitrogens is 1. The van der Waals surface area contributed by atoms with Crippen LogP contribution in [0.3, 0.4) is 0 Å². The Morgan fingerprint density at radius 3 is 2.46 bits per heavy atom. The maximum Gasteiger partial charge on any atom is 0.410 e. The van der Waals surface area contributed by atoms with Gasteiger partial charge in [-0.3, -0.25) is 10.2 Å². The number of amides is 2. The van der Waals surface area contributed by atoms with Gasteiger partial charge in [-0.05, 0) is 26.8 Å². The van der Waals surface area contributed by atoms with Crippen molar-refractivity contribution in [2.45, 2.75) is 26.4 Å². The number of nitrogens with zero attached hydrogens (tertiary/aromatic N) is 3. The normalized spacial score (nSPS) is 15.2. The molecular weight excluding hydrogens is 317 g/mol. The van der Waals surface area contributed by atoms with Crippen LogP contribution in [0.25, 0.3) is 0 Å². The average molecular weight is 339 g/mol. The molecule has 1 saturated heterocycles. The fourth-order valence-electron chi connectivity index (χ4n) is 2.36. The summed E-state index contributed by atoms with van der Waals surface area (Å²) in [5, 5.41) is 0. The Hall–Kier alpha value is -2.42. The highest BCUT2D eigenvalue weighted by Crippen LogP contribution is 2.21. The highest BCUT2D eigenvalue weighted by molar-refractivity contribution is 5.98. The number of piperazine rings is 1. The van der Waals surface area contributed by atoms with Gasteiger partial charge in [0.15, 0.2) is 0 Å². The lowest BCUT2D eigenvalue weighted by molar-refractivity contribution is 0.0240. The largest absolute Gasteiger partial charge is 0.444 e. The van der Waals surface area contributed by atoms with Crippen LogP contribution in [0.5, 0.6) is 0 Å². The number of nitrogens with two attached hydrogens (primary N) is 1. The van der Waals surface area contributed by atoms with Gasteiger partial charge in [0.1, 0.15) is 17.2 Å². The molecule has 1 aromatic rings. The molecule has 2 amide bonds. The summed E-state index contributed by atoms with van der Waals surface area (Å²) in [4.78, 5) is 31.3. The quantitative estimate of drug-likeness (QED) is 0.471. The first-order valence-corrected chi connectivity index (χ1v) is 7.60. The van der Waals surface area contributed by atoms with Crippen LogP contribution in [-0.4, -0.2) is 53.7 Å². The number of carbonyl (C=O) groups is 2. The molecule has 0 saturated carbocycles. The monoisotopic (exact) mass is 339 g/mol. The first kappa shape index (κ1) is 17.9. The molecule has 0 atom stereocenters. The Morgan fingerprint density at radius 1 is 1.29 bits per heavy atom. The van der Waals surface area contributed by atoms with Gasteiger partial charge in [-0.15, -0.1) is 0 Å². The van der Waals surface area contributed by atoms with Gasteiger partial charge in [0.05, 0.1) is 11.8 Å². The molecule has 8 nitrogen and oxygen atoms in total. The number of hydrogen-bond donors (Lipinski definition) is 2. The predicted molar refractivity (Wildman–Crippen MR) is 85.9 cm³/mol. The number of pyridine rings is 1. The first-order valence-electron chi connectivity index (χ1n) is 7.60. The number of anilines is 1. The van der Waals surface area contributed by atoms with E-state index in [9.17, 15) is 14.0 Å².